The van der Waals surface area contributed by atoms with Gasteiger partial charge in [-0.1, -0.05) is 12.1 Å². The second-order valence-corrected chi connectivity index (χ2v) is 6.97. The maximum absolute atomic E-state index is 12.8. The van der Waals surface area contributed by atoms with E-state index in [4.69, 9.17) is 4.42 Å². The molecule has 2 aromatic carbocycles. The first-order valence-electron chi connectivity index (χ1n) is 9.42. The normalized spacial score (nSPS) is 14.1. The van der Waals surface area contributed by atoms with Crippen LogP contribution in [0.1, 0.15) is 25.6 Å². The summed E-state index contributed by atoms with van der Waals surface area (Å²) in [6, 6.07) is 16.2. The van der Waals surface area contributed by atoms with Crippen molar-refractivity contribution in [3.05, 3.63) is 64.5 Å². The summed E-state index contributed by atoms with van der Waals surface area (Å²) < 4.78 is 5.74. The SMILES string of the molecule is CCN(CC)c1ccc2cc(C3N(C)c4ccccc4N3C)c(=O)oc2c1. The van der Waals surface area contributed by atoms with Crippen molar-refractivity contribution in [2.24, 2.45) is 0 Å². The van der Waals surface area contributed by atoms with Crippen LogP contribution in [0.5, 0.6) is 0 Å². The summed E-state index contributed by atoms with van der Waals surface area (Å²) in [7, 11) is 4.03. The Morgan fingerprint density at radius 3 is 2.19 bits per heavy atom. The number of rotatable bonds is 4. The Bertz CT molecular complexity index is 1010. The first kappa shape index (κ1) is 17.5. The van der Waals surface area contributed by atoms with Crippen LogP contribution in [0.2, 0.25) is 0 Å². The zero-order chi connectivity index (χ0) is 19.1. The van der Waals surface area contributed by atoms with Crippen LogP contribution in [0.25, 0.3) is 11.0 Å². The van der Waals surface area contributed by atoms with Crippen LogP contribution in [-0.4, -0.2) is 27.2 Å². The van der Waals surface area contributed by atoms with Crippen molar-refractivity contribution in [3.8, 4) is 0 Å². The molecule has 0 N–H and O–H groups in total. The fourth-order valence-corrected chi connectivity index (χ4v) is 4.08. The zero-order valence-electron chi connectivity index (χ0n) is 16.3. The topological polar surface area (TPSA) is 39.9 Å². The summed E-state index contributed by atoms with van der Waals surface area (Å²) >= 11 is 0. The van der Waals surface area contributed by atoms with E-state index in [9.17, 15) is 4.79 Å². The third-order valence-corrected chi connectivity index (χ3v) is 5.53. The van der Waals surface area contributed by atoms with Crippen LogP contribution in [-0.2, 0) is 0 Å². The molecule has 0 radical (unpaired) electrons. The van der Waals surface area contributed by atoms with Gasteiger partial charge in [-0.3, -0.25) is 0 Å². The highest BCUT2D eigenvalue weighted by Gasteiger charge is 2.34. The lowest BCUT2D eigenvalue weighted by Crippen LogP contribution is -2.34. The molecule has 0 fully saturated rings. The van der Waals surface area contributed by atoms with Crippen LogP contribution in [0.15, 0.2) is 57.7 Å². The molecule has 0 aliphatic carbocycles. The van der Waals surface area contributed by atoms with Gasteiger partial charge in [-0.2, -0.15) is 0 Å². The molecule has 0 saturated carbocycles. The van der Waals surface area contributed by atoms with Crippen LogP contribution >= 0.6 is 0 Å². The summed E-state index contributed by atoms with van der Waals surface area (Å²) in [5.74, 6) is 0. The third-order valence-electron chi connectivity index (χ3n) is 5.53. The molecule has 0 unspecified atom stereocenters. The predicted molar refractivity (Wildman–Crippen MR) is 112 cm³/mol. The Kier molecular flexibility index (Phi) is 4.30. The van der Waals surface area contributed by atoms with E-state index in [1.54, 1.807) is 0 Å². The highest BCUT2D eigenvalue weighted by molar-refractivity contribution is 5.82. The summed E-state index contributed by atoms with van der Waals surface area (Å²) in [6.45, 7) is 6.08. The molecule has 0 saturated heterocycles. The molecular formula is C22H25N3O2. The molecule has 1 aliphatic rings. The lowest BCUT2D eigenvalue weighted by Gasteiger charge is -2.27. The van der Waals surface area contributed by atoms with Gasteiger partial charge in [0.25, 0.3) is 0 Å². The van der Waals surface area contributed by atoms with Gasteiger partial charge in [-0.05, 0) is 44.2 Å². The molecule has 27 heavy (non-hydrogen) atoms. The minimum atomic E-state index is -0.282. The van der Waals surface area contributed by atoms with Crippen molar-refractivity contribution in [2.75, 3.05) is 41.9 Å². The molecule has 0 spiro atoms. The van der Waals surface area contributed by atoms with E-state index < -0.39 is 0 Å². The van der Waals surface area contributed by atoms with Gasteiger partial charge in [0.2, 0.25) is 0 Å². The van der Waals surface area contributed by atoms with Gasteiger partial charge in [-0.25, -0.2) is 4.79 Å². The van der Waals surface area contributed by atoms with E-state index >= 15 is 0 Å². The second-order valence-electron chi connectivity index (χ2n) is 6.97. The van der Waals surface area contributed by atoms with Crippen LogP contribution < -0.4 is 20.3 Å². The lowest BCUT2D eigenvalue weighted by atomic mass is 10.1. The molecule has 5 nitrogen and oxygen atoms in total. The number of fused-ring (bicyclic) bond motifs is 2. The van der Waals surface area contributed by atoms with Crippen molar-refractivity contribution >= 4 is 28.0 Å². The molecule has 140 valence electrons. The number of para-hydroxylation sites is 2. The minimum Gasteiger partial charge on any atom is -0.422 e. The predicted octanol–water partition coefficient (Wildman–Crippen LogP) is 4.22. The summed E-state index contributed by atoms with van der Waals surface area (Å²) in [5.41, 5.74) is 4.30. The van der Waals surface area contributed by atoms with Gasteiger partial charge in [-0.15, -0.1) is 0 Å². The van der Waals surface area contributed by atoms with E-state index in [2.05, 4.69) is 46.7 Å². The summed E-state index contributed by atoms with van der Waals surface area (Å²) in [6.07, 6.45) is -0.175. The highest BCUT2D eigenvalue weighted by atomic mass is 16.4. The molecule has 0 atom stereocenters. The smallest absolute Gasteiger partial charge is 0.343 e. The molecule has 4 rings (SSSR count). The fourth-order valence-electron chi connectivity index (χ4n) is 4.08. The van der Waals surface area contributed by atoms with Crippen molar-refractivity contribution in [1.82, 2.24) is 0 Å². The molecule has 1 aliphatic heterocycles. The van der Waals surface area contributed by atoms with Crippen LogP contribution in [0.3, 0.4) is 0 Å². The Morgan fingerprint density at radius 1 is 0.963 bits per heavy atom. The van der Waals surface area contributed by atoms with Gasteiger partial charge in [0, 0.05) is 44.3 Å². The largest absolute Gasteiger partial charge is 0.422 e. The van der Waals surface area contributed by atoms with Crippen molar-refractivity contribution < 1.29 is 4.42 Å². The standard InChI is InChI=1S/C22H25N3O2/c1-5-25(6-2)16-12-11-15-13-17(22(26)27-20(15)14-16)21-23(3)18-9-7-8-10-19(18)24(21)4/h7-14,21H,5-6H2,1-4H3. The summed E-state index contributed by atoms with van der Waals surface area (Å²) in [4.78, 5) is 19.3. The average Bonchev–Trinajstić information content (AvgIpc) is 2.93. The zero-order valence-corrected chi connectivity index (χ0v) is 16.3. The quantitative estimate of drug-likeness (QED) is 0.649. The van der Waals surface area contributed by atoms with E-state index in [1.165, 1.54) is 0 Å². The molecular weight excluding hydrogens is 338 g/mol. The van der Waals surface area contributed by atoms with Gasteiger partial charge < -0.3 is 19.1 Å². The number of nitrogens with zero attached hydrogens (tertiary/aromatic N) is 3. The first-order chi connectivity index (χ1) is 13.0. The minimum absolute atomic E-state index is 0.175. The lowest BCUT2D eigenvalue weighted by molar-refractivity contribution is 0.533. The second kappa shape index (κ2) is 6.65. The number of hydrogen-bond acceptors (Lipinski definition) is 5. The van der Waals surface area contributed by atoms with Crippen molar-refractivity contribution in [1.29, 1.82) is 0 Å². The molecule has 3 aromatic rings. The first-order valence-corrected chi connectivity index (χ1v) is 9.42. The van der Waals surface area contributed by atoms with Gasteiger partial charge >= 0.3 is 5.63 Å². The van der Waals surface area contributed by atoms with E-state index in [0.29, 0.717) is 11.1 Å². The van der Waals surface area contributed by atoms with Crippen molar-refractivity contribution in [3.63, 3.8) is 0 Å². The van der Waals surface area contributed by atoms with Gasteiger partial charge in [0.1, 0.15) is 11.7 Å². The maximum Gasteiger partial charge on any atom is 0.343 e. The Balaban J connectivity index is 1.79. The van der Waals surface area contributed by atoms with E-state index in [0.717, 1.165) is 35.5 Å². The number of anilines is 3. The fraction of sp³-hybridized carbons (Fsp3) is 0.318. The van der Waals surface area contributed by atoms with Gasteiger partial charge in [0.05, 0.1) is 16.9 Å². The molecule has 1 aromatic heterocycles. The van der Waals surface area contributed by atoms with E-state index in [1.807, 2.05) is 44.4 Å². The third kappa shape index (κ3) is 2.74. The number of benzene rings is 2. The van der Waals surface area contributed by atoms with Gasteiger partial charge in [0.15, 0.2) is 0 Å². The van der Waals surface area contributed by atoms with Crippen molar-refractivity contribution in [2.45, 2.75) is 20.0 Å². The maximum atomic E-state index is 12.8. The molecule has 0 amide bonds. The number of hydrogen-bond donors (Lipinski definition) is 0. The average molecular weight is 363 g/mol. The van der Waals surface area contributed by atoms with Crippen LogP contribution in [0, 0.1) is 0 Å². The Hall–Kier alpha value is -2.95. The Morgan fingerprint density at radius 2 is 1.59 bits per heavy atom. The Labute approximate surface area is 159 Å². The molecule has 5 heteroatoms. The summed E-state index contributed by atoms with van der Waals surface area (Å²) in [5, 5.41) is 0.943. The van der Waals surface area contributed by atoms with Crippen LogP contribution in [0.4, 0.5) is 17.1 Å². The molecule has 2 heterocycles. The molecule has 0 bridgehead atoms. The highest BCUT2D eigenvalue weighted by Crippen LogP contribution is 2.43. The van der Waals surface area contributed by atoms with E-state index in [-0.39, 0.29) is 11.8 Å². The monoisotopic (exact) mass is 363 g/mol.